The summed E-state index contributed by atoms with van der Waals surface area (Å²) >= 11 is 18.1. The molecule has 0 aliphatic carbocycles. The van der Waals surface area contributed by atoms with Gasteiger partial charge in [-0.3, -0.25) is 4.98 Å². The molecule has 0 amide bonds. The average molecular weight is 334 g/mol. The number of nitrogens with one attached hydrogen (secondary N) is 1. The summed E-state index contributed by atoms with van der Waals surface area (Å²) in [5, 5.41) is 4.55. The van der Waals surface area contributed by atoms with Crippen molar-refractivity contribution >= 4 is 34.8 Å². The van der Waals surface area contributed by atoms with E-state index >= 15 is 0 Å². The summed E-state index contributed by atoms with van der Waals surface area (Å²) in [5.74, 6) is -0.325. The second kappa shape index (κ2) is 6.72. The molecule has 1 heterocycles. The third-order valence-electron chi connectivity index (χ3n) is 2.95. The number of likely N-dealkylation sites (N-methyl/N-ethyl adjacent to an activating group) is 1. The highest BCUT2D eigenvalue weighted by atomic mass is 35.5. The fraction of sp³-hybridized carbons (Fsp3) is 0.214. The second-order valence-electron chi connectivity index (χ2n) is 4.30. The fourth-order valence-corrected chi connectivity index (χ4v) is 2.64. The van der Waals surface area contributed by atoms with Crippen LogP contribution in [0.5, 0.6) is 0 Å². The van der Waals surface area contributed by atoms with Crippen LogP contribution in [0.2, 0.25) is 15.1 Å². The van der Waals surface area contributed by atoms with Crippen molar-refractivity contribution in [2.24, 2.45) is 0 Å². The Morgan fingerprint density at radius 2 is 1.95 bits per heavy atom. The largest absolute Gasteiger partial charge is 0.311 e. The third kappa shape index (κ3) is 3.61. The first-order valence-electron chi connectivity index (χ1n) is 5.93. The fourth-order valence-electron chi connectivity index (χ4n) is 1.94. The topological polar surface area (TPSA) is 24.9 Å². The number of pyridine rings is 1. The first-order valence-corrected chi connectivity index (χ1v) is 7.06. The van der Waals surface area contributed by atoms with Gasteiger partial charge in [0.1, 0.15) is 5.82 Å². The maximum absolute atomic E-state index is 13.3. The molecule has 0 spiro atoms. The predicted molar refractivity (Wildman–Crippen MR) is 81.2 cm³/mol. The Bertz CT molecular complexity index is 619. The zero-order valence-electron chi connectivity index (χ0n) is 10.6. The van der Waals surface area contributed by atoms with E-state index in [0.29, 0.717) is 32.7 Å². The summed E-state index contributed by atoms with van der Waals surface area (Å²) in [6.45, 7) is 0. The van der Waals surface area contributed by atoms with Gasteiger partial charge in [-0.25, -0.2) is 4.39 Å². The molecule has 1 unspecified atom stereocenters. The van der Waals surface area contributed by atoms with E-state index in [1.807, 2.05) is 0 Å². The predicted octanol–water partition coefficient (Wildman–Crippen LogP) is 4.68. The van der Waals surface area contributed by atoms with Crippen molar-refractivity contribution in [2.75, 3.05) is 7.05 Å². The molecule has 0 saturated heterocycles. The van der Waals surface area contributed by atoms with Crippen LogP contribution in [0.25, 0.3) is 0 Å². The van der Waals surface area contributed by atoms with E-state index in [2.05, 4.69) is 10.3 Å². The highest BCUT2D eigenvalue weighted by Gasteiger charge is 2.17. The summed E-state index contributed by atoms with van der Waals surface area (Å²) in [4.78, 5) is 4.23. The summed E-state index contributed by atoms with van der Waals surface area (Å²) < 4.78 is 13.3. The van der Waals surface area contributed by atoms with Gasteiger partial charge in [0.15, 0.2) is 0 Å². The van der Waals surface area contributed by atoms with Crippen molar-refractivity contribution in [3.8, 4) is 0 Å². The Morgan fingerprint density at radius 1 is 1.20 bits per heavy atom. The van der Waals surface area contributed by atoms with E-state index in [1.54, 1.807) is 13.1 Å². The summed E-state index contributed by atoms with van der Waals surface area (Å²) in [7, 11) is 1.78. The summed E-state index contributed by atoms with van der Waals surface area (Å²) in [5.41, 5.74) is 1.35. The van der Waals surface area contributed by atoms with E-state index in [1.165, 1.54) is 24.4 Å². The third-order valence-corrected chi connectivity index (χ3v) is 3.82. The zero-order chi connectivity index (χ0) is 14.7. The molecule has 0 bridgehead atoms. The van der Waals surface area contributed by atoms with Crippen molar-refractivity contribution < 1.29 is 4.39 Å². The van der Waals surface area contributed by atoms with Crippen LogP contribution < -0.4 is 5.32 Å². The van der Waals surface area contributed by atoms with Crippen LogP contribution in [0, 0.1) is 5.82 Å². The van der Waals surface area contributed by atoms with Gasteiger partial charge >= 0.3 is 0 Å². The maximum atomic E-state index is 13.3. The van der Waals surface area contributed by atoms with E-state index in [-0.39, 0.29) is 11.9 Å². The second-order valence-corrected chi connectivity index (χ2v) is 5.55. The molecule has 0 aliphatic heterocycles. The average Bonchev–Trinajstić information content (AvgIpc) is 2.40. The van der Waals surface area contributed by atoms with Crippen molar-refractivity contribution in [3.63, 3.8) is 0 Å². The Labute approximate surface area is 131 Å². The molecule has 2 nitrogen and oxygen atoms in total. The molecule has 1 atom stereocenters. The SMILES string of the molecule is CNC(Cc1cc(F)ccc1Cl)c1ncc(Cl)cc1Cl. The van der Waals surface area contributed by atoms with E-state index < -0.39 is 0 Å². The van der Waals surface area contributed by atoms with Crippen molar-refractivity contribution in [1.82, 2.24) is 10.3 Å². The minimum atomic E-state index is -0.325. The normalized spacial score (nSPS) is 12.4. The van der Waals surface area contributed by atoms with E-state index in [9.17, 15) is 4.39 Å². The quantitative estimate of drug-likeness (QED) is 0.878. The molecule has 20 heavy (non-hydrogen) atoms. The summed E-state index contributed by atoms with van der Waals surface area (Å²) in [6.07, 6.45) is 2.00. The van der Waals surface area contributed by atoms with Gasteiger partial charge in [0.2, 0.25) is 0 Å². The molecule has 1 aromatic heterocycles. The molecule has 6 heteroatoms. The van der Waals surface area contributed by atoms with Crippen LogP contribution in [0.1, 0.15) is 17.3 Å². The number of halogens is 4. The molecule has 0 radical (unpaired) electrons. The van der Waals surface area contributed by atoms with Gasteiger partial charge < -0.3 is 5.32 Å². The Kier molecular flexibility index (Phi) is 5.22. The lowest BCUT2D eigenvalue weighted by molar-refractivity contribution is 0.571. The number of aromatic nitrogens is 1. The highest BCUT2D eigenvalue weighted by molar-refractivity contribution is 6.34. The number of benzene rings is 1. The molecule has 1 aromatic carbocycles. The van der Waals surface area contributed by atoms with Crippen molar-refractivity contribution in [2.45, 2.75) is 12.5 Å². The van der Waals surface area contributed by atoms with E-state index in [0.717, 1.165) is 0 Å². The Morgan fingerprint density at radius 3 is 2.60 bits per heavy atom. The number of hydrogen-bond donors (Lipinski definition) is 1. The lowest BCUT2D eigenvalue weighted by Gasteiger charge is -2.18. The number of hydrogen-bond acceptors (Lipinski definition) is 2. The number of nitrogens with zero attached hydrogens (tertiary/aromatic N) is 1. The molecule has 2 aromatic rings. The first kappa shape index (κ1) is 15.5. The van der Waals surface area contributed by atoms with Gasteiger partial charge in [0.25, 0.3) is 0 Å². The van der Waals surface area contributed by atoms with Crippen LogP contribution >= 0.6 is 34.8 Å². The van der Waals surface area contributed by atoms with Crippen molar-refractivity contribution in [3.05, 3.63) is 62.6 Å². The van der Waals surface area contributed by atoms with Gasteiger partial charge in [-0.1, -0.05) is 34.8 Å². The Balaban J connectivity index is 2.31. The lowest BCUT2D eigenvalue weighted by atomic mass is 10.0. The van der Waals surface area contributed by atoms with Crippen LogP contribution in [0.4, 0.5) is 4.39 Å². The molecule has 2 rings (SSSR count). The van der Waals surface area contributed by atoms with E-state index in [4.69, 9.17) is 34.8 Å². The van der Waals surface area contributed by atoms with Crippen LogP contribution in [0.3, 0.4) is 0 Å². The van der Waals surface area contributed by atoms with Gasteiger partial charge in [-0.05, 0) is 43.3 Å². The molecule has 0 aliphatic rings. The van der Waals surface area contributed by atoms with Crippen LogP contribution in [-0.2, 0) is 6.42 Å². The number of rotatable bonds is 4. The molecular formula is C14H12Cl3FN2. The van der Waals surface area contributed by atoms with Gasteiger partial charge in [0.05, 0.1) is 21.8 Å². The van der Waals surface area contributed by atoms with Crippen LogP contribution in [0.15, 0.2) is 30.5 Å². The smallest absolute Gasteiger partial charge is 0.123 e. The van der Waals surface area contributed by atoms with Crippen molar-refractivity contribution in [1.29, 1.82) is 0 Å². The zero-order valence-corrected chi connectivity index (χ0v) is 12.9. The standard InChI is InChI=1S/C14H12Cl3FN2/c1-19-13(14-12(17)6-9(15)7-20-14)5-8-4-10(18)2-3-11(8)16/h2-4,6-7,13,19H,5H2,1H3. The molecular weight excluding hydrogens is 322 g/mol. The highest BCUT2D eigenvalue weighted by Crippen LogP contribution is 2.28. The maximum Gasteiger partial charge on any atom is 0.123 e. The monoisotopic (exact) mass is 332 g/mol. The summed E-state index contributed by atoms with van der Waals surface area (Å²) in [6, 6.07) is 5.72. The Hall–Kier alpha value is -0.870. The molecule has 0 saturated carbocycles. The minimum Gasteiger partial charge on any atom is -0.311 e. The van der Waals surface area contributed by atoms with Crippen LogP contribution in [-0.4, -0.2) is 12.0 Å². The molecule has 1 N–H and O–H groups in total. The van der Waals surface area contributed by atoms with Gasteiger partial charge in [0, 0.05) is 11.2 Å². The molecule has 0 fully saturated rings. The molecule has 106 valence electrons. The van der Waals surface area contributed by atoms with Gasteiger partial charge in [-0.2, -0.15) is 0 Å². The minimum absolute atomic E-state index is 0.181. The first-order chi connectivity index (χ1) is 9.51. The lowest BCUT2D eigenvalue weighted by Crippen LogP contribution is -2.20. The van der Waals surface area contributed by atoms with Gasteiger partial charge in [-0.15, -0.1) is 0 Å².